The van der Waals surface area contributed by atoms with Gasteiger partial charge in [-0.2, -0.15) is 5.10 Å². The fraction of sp³-hybridized carbons (Fsp3) is 0.350. The quantitative estimate of drug-likeness (QED) is 0.362. The minimum Gasteiger partial charge on any atom is -0.296 e. The van der Waals surface area contributed by atoms with E-state index in [4.69, 9.17) is 0 Å². The third-order valence-electron chi connectivity index (χ3n) is 3.74. The second kappa shape index (κ2) is 9.04. The first-order chi connectivity index (χ1) is 10.8. The number of unbranched alkanes of at least 4 members (excludes halogenated alkanes) is 3. The van der Waals surface area contributed by atoms with Gasteiger partial charge in [0.05, 0.1) is 6.54 Å². The molecule has 0 aliphatic heterocycles. The molecule has 0 spiro atoms. The van der Waals surface area contributed by atoms with Crippen molar-refractivity contribution in [2.45, 2.75) is 39.2 Å². The van der Waals surface area contributed by atoms with Gasteiger partial charge in [0.2, 0.25) is 0 Å². The van der Waals surface area contributed by atoms with Gasteiger partial charge < -0.3 is 0 Å². The molecule has 2 aromatic rings. The Hall–Kier alpha value is -2.09. The van der Waals surface area contributed by atoms with E-state index in [2.05, 4.69) is 66.6 Å². The third-order valence-corrected chi connectivity index (χ3v) is 3.74. The molecule has 0 bridgehead atoms. The Balaban J connectivity index is 1.89. The van der Waals surface area contributed by atoms with Crippen LogP contribution in [0.1, 0.15) is 38.2 Å². The lowest BCUT2D eigenvalue weighted by Gasteiger charge is -2.14. The number of hydrazone groups is 1. The van der Waals surface area contributed by atoms with Gasteiger partial charge in [0.1, 0.15) is 0 Å². The smallest absolute Gasteiger partial charge is 0.0613 e. The molecule has 0 aromatic heterocycles. The van der Waals surface area contributed by atoms with Crippen molar-refractivity contribution in [3.8, 4) is 0 Å². The van der Waals surface area contributed by atoms with Crippen molar-refractivity contribution in [1.82, 2.24) is 5.01 Å². The fourth-order valence-corrected chi connectivity index (χ4v) is 2.54. The Bertz CT molecular complexity index is 623. The Labute approximate surface area is 134 Å². The predicted molar refractivity (Wildman–Crippen MR) is 97.2 cm³/mol. The predicted octanol–water partition coefficient (Wildman–Crippen LogP) is 5.39. The van der Waals surface area contributed by atoms with E-state index >= 15 is 0 Å². The standard InChI is InChI=1S/C20H26N2/c1-3-4-5-6-7-10-16-21-22(2)17-19-14-11-13-18-12-8-9-15-20(18)19/h7-16H,3-6,17H2,1-2H3/b10-7+,21-16-. The van der Waals surface area contributed by atoms with Crippen molar-refractivity contribution in [2.75, 3.05) is 7.05 Å². The van der Waals surface area contributed by atoms with Gasteiger partial charge in [0, 0.05) is 13.3 Å². The molecule has 0 unspecified atom stereocenters. The summed E-state index contributed by atoms with van der Waals surface area (Å²) in [5, 5.41) is 9.04. The fourth-order valence-electron chi connectivity index (χ4n) is 2.54. The van der Waals surface area contributed by atoms with Crippen LogP contribution in [0.2, 0.25) is 0 Å². The Morgan fingerprint density at radius 3 is 2.73 bits per heavy atom. The number of rotatable bonds is 8. The maximum Gasteiger partial charge on any atom is 0.0613 e. The van der Waals surface area contributed by atoms with Crippen LogP contribution in [-0.2, 0) is 6.54 Å². The molecule has 2 aromatic carbocycles. The first-order valence-corrected chi connectivity index (χ1v) is 8.18. The summed E-state index contributed by atoms with van der Waals surface area (Å²) in [7, 11) is 2.02. The lowest BCUT2D eigenvalue weighted by Crippen LogP contribution is -2.10. The van der Waals surface area contributed by atoms with Gasteiger partial charge >= 0.3 is 0 Å². The highest BCUT2D eigenvalue weighted by atomic mass is 15.4. The number of fused-ring (bicyclic) bond motifs is 1. The van der Waals surface area contributed by atoms with Crippen molar-refractivity contribution >= 4 is 17.0 Å². The Kier molecular flexibility index (Phi) is 6.69. The minimum absolute atomic E-state index is 0.821. The number of nitrogens with zero attached hydrogens (tertiary/aromatic N) is 2. The molecule has 2 heteroatoms. The number of hydrogen-bond acceptors (Lipinski definition) is 2. The van der Waals surface area contributed by atoms with E-state index in [0.29, 0.717) is 0 Å². The van der Waals surface area contributed by atoms with Crippen molar-refractivity contribution < 1.29 is 0 Å². The highest BCUT2D eigenvalue weighted by molar-refractivity contribution is 5.85. The summed E-state index contributed by atoms with van der Waals surface area (Å²) < 4.78 is 0. The molecule has 0 amide bonds. The molecule has 0 aliphatic carbocycles. The van der Waals surface area contributed by atoms with E-state index < -0.39 is 0 Å². The van der Waals surface area contributed by atoms with E-state index in [1.165, 1.54) is 35.6 Å². The molecule has 0 aliphatic rings. The monoisotopic (exact) mass is 294 g/mol. The Morgan fingerprint density at radius 1 is 1.05 bits per heavy atom. The molecule has 0 heterocycles. The zero-order valence-electron chi connectivity index (χ0n) is 13.7. The number of benzene rings is 2. The van der Waals surface area contributed by atoms with Crippen LogP contribution in [0.4, 0.5) is 0 Å². The average molecular weight is 294 g/mol. The first-order valence-electron chi connectivity index (χ1n) is 8.18. The van der Waals surface area contributed by atoms with Gasteiger partial charge in [-0.05, 0) is 35.3 Å². The van der Waals surface area contributed by atoms with Gasteiger partial charge in [-0.15, -0.1) is 0 Å². The summed E-state index contributed by atoms with van der Waals surface area (Å²) >= 11 is 0. The average Bonchev–Trinajstić information content (AvgIpc) is 2.54. The molecule has 0 saturated carbocycles. The van der Waals surface area contributed by atoms with Crippen LogP contribution in [0.25, 0.3) is 10.8 Å². The molecule has 0 fully saturated rings. The normalized spacial score (nSPS) is 11.7. The Morgan fingerprint density at radius 2 is 1.86 bits per heavy atom. The van der Waals surface area contributed by atoms with E-state index in [9.17, 15) is 0 Å². The molecule has 22 heavy (non-hydrogen) atoms. The number of allylic oxidation sites excluding steroid dienone is 2. The zero-order chi connectivity index (χ0) is 15.6. The van der Waals surface area contributed by atoms with Crippen LogP contribution < -0.4 is 0 Å². The highest BCUT2D eigenvalue weighted by Crippen LogP contribution is 2.19. The third kappa shape index (κ3) is 5.03. The van der Waals surface area contributed by atoms with Crippen LogP contribution >= 0.6 is 0 Å². The van der Waals surface area contributed by atoms with E-state index in [0.717, 1.165) is 13.0 Å². The molecule has 2 nitrogen and oxygen atoms in total. The van der Waals surface area contributed by atoms with E-state index in [-0.39, 0.29) is 0 Å². The lowest BCUT2D eigenvalue weighted by molar-refractivity contribution is 0.350. The second-order valence-corrected chi connectivity index (χ2v) is 5.64. The van der Waals surface area contributed by atoms with Gasteiger partial charge in [-0.1, -0.05) is 68.3 Å². The largest absolute Gasteiger partial charge is 0.296 e. The van der Waals surface area contributed by atoms with Crippen molar-refractivity contribution in [3.05, 3.63) is 60.2 Å². The molecule has 116 valence electrons. The summed E-state index contributed by atoms with van der Waals surface area (Å²) in [6, 6.07) is 14.9. The second-order valence-electron chi connectivity index (χ2n) is 5.64. The first kappa shape index (κ1) is 16.3. The molecule has 0 radical (unpaired) electrons. The van der Waals surface area contributed by atoms with E-state index in [1.807, 2.05) is 18.3 Å². The maximum atomic E-state index is 4.47. The van der Waals surface area contributed by atoms with Crippen LogP contribution in [-0.4, -0.2) is 18.3 Å². The van der Waals surface area contributed by atoms with Crippen LogP contribution in [0, 0.1) is 0 Å². The van der Waals surface area contributed by atoms with Crippen LogP contribution in [0.3, 0.4) is 0 Å². The van der Waals surface area contributed by atoms with Gasteiger partial charge in [-0.3, -0.25) is 5.01 Å². The van der Waals surface area contributed by atoms with Gasteiger partial charge in [0.15, 0.2) is 0 Å². The summed E-state index contributed by atoms with van der Waals surface area (Å²) in [6.45, 7) is 3.05. The lowest BCUT2D eigenvalue weighted by atomic mass is 10.0. The van der Waals surface area contributed by atoms with E-state index in [1.54, 1.807) is 0 Å². The van der Waals surface area contributed by atoms with Gasteiger partial charge in [-0.25, -0.2) is 0 Å². The van der Waals surface area contributed by atoms with Gasteiger partial charge in [0.25, 0.3) is 0 Å². The summed E-state index contributed by atoms with van der Waals surface area (Å²) in [5.41, 5.74) is 1.31. The summed E-state index contributed by atoms with van der Waals surface area (Å²) in [4.78, 5) is 0. The van der Waals surface area contributed by atoms with Crippen molar-refractivity contribution in [1.29, 1.82) is 0 Å². The maximum absolute atomic E-state index is 4.47. The summed E-state index contributed by atoms with van der Waals surface area (Å²) in [5.74, 6) is 0. The zero-order valence-corrected chi connectivity index (χ0v) is 13.7. The molecule has 0 saturated heterocycles. The molecular weight excluding hydrogens is 268 g/mol. The SMILES string of the molecule is CCCCC/C=C/C=N\N(C)Cc1cccc2ccccc12. The van der Waals surface area contributed by atoms with Crippen molar-refractivity contribution in [2.24, 2.45) is 5.10 Å². The molecule has 0 N–H and O–H groups in total. The topological polar surface area (TPSA) is 15.6 Å². The molecular formula is C20H26N2. The number of hydrogen-bond donors (Lipinski definition) is 0. The molecule has 0 atom stereocenters. The highest BCUT2D eigenvalue weighted by Gasteiger charge is 2.01. The van der Waals surface area contributed by atoms with Crippen LogP contribution in [0.5, 0.6) is 0 Å². The molecule has 2 rings (SSSR count). The van der Waals surface area contributed by atoms with Crippen LogP contribution in [0.15, 0.2) is 59.7 Å². The minimum atomic E-state index is 0.821. The summed E-state index contributed by atoms with van der Waals surface area (Å²) in [6.07, 6.45) is 11.1. The van der Waals surface area contributed by atoms with Crippen molar-refractivity contribution in [3.63, 3.8) is 0 Å².